The van der Waals surface area contributed by atoms with Crippen LogP contribution in [0.3, 0.4) is 0 Å². The first-order valence-electron chi connectivity index (χ1n) is 10.3. The van der Waals surface area contributed by atoms with Crippen LogP contribution in [0.1, 0.15) is 0 Å². The van der Waals surface area contributed by atoms with E-state index in [0.717, 1.165) is 38.9 Å². The van der Waals surface area contributed by atoms with Crippen LogP contribution in [-0.2, 0) is 11.3 Å². The maximum absolute atomic E-state index is 12.8. The number of carbonyl (C=O) groups excluding carboxylic acids is 1. The summed E-state index contributed by atoms with van der Waals surface area (Å²) in [5.41, 5.74) is 10.0. The summed E-state index contributed by atoms with van der Waals surface area (Å²) in [4.78, 5) is 22.3. The molecule has 9 heteroatoms. The van der Waals surface area contributed by atoms with Gasteiger partial charge in [0.25, 0.3) is 5.91 Å². The van der Waals surface area contributed by atoms with Gasteiger partial charge >= 0.3 is 0 Å². The second-order valence-corrected chi connectivity index (χ2v) is 7.75. The second kappa shape index (κ2) is 8.71. The highest BCUT2D eigenvalue weighted by Crippen LogP contribution is 2.28. The van der Waals surface area contributed by atoms with Gasteiger partial charge < -0.3 is 14.6 Å². The fraction of sp³-hybridized carbons (Fsp3) is 0.0833. The van der Waals surface area contributed by atoms with Gasteiger partial charge in [-0.1, -0.05) is 30.3 Å². The molecule has 0 aliphatic heterocycles. The molecule has 0 unspecified atom stereocenters. The number of ether oxygens (including phenoxy) is 1. The lowest BCUT2D eigenvalue weighted by Gasteiger charge is -2.13. The molecule has 1 amide bonds. The first-order valence-corrected chi connectivity index (χ1v) is 10.7. The number of nitrogens with one attached hydrogen (secondary N) is 3. The van der Waals surface area contributed by atoms with Gasteiger partial charge in [0.05, 0.1) is 23.7 Å². The third kappa shape index (κ3) is 4.13. The minimum absolute atomic E-state index is 0.0508. The average Bonchev–Trinajstić information content (AvgIpc) is 3.14. The van der Waals surface area contributed by atoms with Gasteiger partial charge in [0.15, 0.2) is 10.8 Å². The Balaban J connectivity index is 1.35. The van der Waals surface area contributed by atoms with Crippen molar-refractivity contribution in [3.8, 4) is 5.75 Å². The van der Waals surface area contributed by atoms with E-state index in [1.54, 1.807) is 7.11 Å². The fourth-order valence-electron chi connectivity index (χ4n) is 3.69. The molecule has 2 aromatic heterocycles. The zero-order valence-corrected chi connectivity index (χ0v) is 18.5. The molecule has 0 fully saturated rings. The maximum Gasteiger partial charge on any atom is 0.258 e. The summed E-state index contributed by atoms with van der Waals surface area (Å²) >= 11 is 5.27. The zero-order valence-electron chi connectivity index (χ0n) is 17.7. The summed E-state index contributed by atoms with van der Waals surface area (Å²) in [5, 5.41) is 4.22. The van der Waals surface area contributed by atoms with E-state index in [2.05, 4.69) is 16.2 Å². The van der Waals surface area contributed by atoms with E-state index in [1.807, 2.05) is 77.4 Å². The Bertz CT molecular complexity index is 1500. The van der Waals surface area contributed by atoms with Crippen molar-refractivity contribution in [2.45, 2.75) is 6.54 Å². The number of para-hydroxylation sites is 3. The van der Waals surface area contributed by atoms with Gasteiger partial charge in [-0.15, -0.1) is 0 Å². The number of hydrogen-bond acceptors (Lipinski definition) is 5. The Morgan fingerprint density at radius 1 is 0.939 bits per heavy atom. The van der Waals surface area contributed by atoms with Crippen LogP contribution in [0.25, 0.3) is 33.1 Å². The van der Waals surface area contributed by atoms with Crippen LogP contribution in [0.5, 0.6) is 5.75 Å². The summed E-state index contributed by atoms with van der Waals surface area (Å²) in [6.07, 6.45) is 0. The predicted molar refractivity (Wildman–Crippen MR) is 133 cm³/mol. The van der Waals surface area contributed by atoms with Gasteiger partial charge in [0.1, 0.15) is 17.8 Å². The Hall–Kier alpha value is -4.24. The number of benzene rings is 3. The predicted octanol–water partition coefficient (Wildman–Crippen LogP) is 3.76. The number of anilines is 1. The quantitative estimate of drug-likeness (QED) is 0.280. The third-order valence-corrected chi connectivity index (χ3v) is 5.43. The van der Waals surface area contributed by atoms with Crippen LogP contribution in [0.2, 0.25) is 0 Å². The maximum atomic E-state index is 12.8. The van der Waals surface area contributed by atoms with E-state index in [0.29, 0.717) is 5.65 Å². The summed E-state index contributed by atoms with van der Waals surface area (Å²) in [5.74, 6) is 0.473. The number of methoxy groups -OCH3 is 1. The molecule has 3 aromatic carbocycles. The Morgan fingerprint density at radius 2 is 1.64 bits per heavy atom. The standard InChI is InChI=1S/C24H20N6O2S/c1-32-16-12-10-15(11-13-16)25-24(33)29-28-21(31)14-30-20-9-5-2-6-17(20)22-23(30)27-19-8-4-3-7-18(19)26-22/h2-13H,14H2,1H3,(H,28,31)(H2,25,29,33). The summed E-state index contributed by atoms with van der Waals surface area (Å²) in [7, 11) is 1.61. The first kappa shape index (κ1) is 20.7. The summed E-state index contributed by atoms with van der Waals surface area (Å²) in [6, 6.07) is 22.8. The van der Waals surface area contributed by atoms with Crippen LogP contribution in [0, 0.1) is 0 Å². The first-order chi connectivity index (χ1) is 16.1. The van der Waals surface area contributed by atoms with E-state index in [1.165, 1.54) is 0 Å². The van der Waals surface area contributed by atoms with Crippen molar-refractivity contribution in [1.82, 2.24) is 25.4 Å². The highest BCUT2D eigenvalue weighted by molar-refractivity contribution is 7.80. The lowest BCUT2D eigenvalue weighted by molar-refractivity contribution is -0.122. The smallest absolute Gasteiger partial charge is 0.258 e. The van der Waals surface area contributed by atoms with E-state index in [-0.39, 0.29) is 17.6 Å². The van der Waals surface area contributed by atoms with Crippen LogP contribution >= 0.6 is 12.2 Å². The highest BCUT2D eigenvalue weighted by atomic mass is 32.1. The number of hydrogen-bond donors (Lipinski definition) is 3. The van der Waals surface area contributed by atoms with Gasteiger partial charge in [-0.3, -0.25) is 15.6 Å². The van der Waals surface area contributed by atoms with E-state index in [9.17, 15) is 4.79 Å². The van der Waals surface area contributed by atoms with Crippen molar-refractivity contribution < 1.29 is 9.53 Å². The average molecular weight is 457 g/mol. The Labute approximate surface area is 194 Å². The minimum atomic E-state index is -0.272. The number of carbonyl (C=O) groups is 1. The molecular formula is C24H20N6O2S. The second-order valence-electron chi connectivity index (χ2n) is 7.34. The molecule has 0 bridgehead atoms. The topological polar surface area (TPSA) is 93.1 Å². The molecule has 0 aliphatic carbocycles. The van der Waals surface area contributed by atoms with Crippen LogP contribution < -0.4 is 20.9 Å². The van der Waals surface area contributed by atoms with Crippen molar-refractivity contribution in [2.24, 2.45) is 0 Å². The molecule has 0 aliphatic rings. The minimum Gasteiger partial charge on any atom is -0.497 e. The molecule has 0 saturated heterocycles. The van der Waals surface area contributed by atoms with E-state index < -0.39 is 0 Å². The van der Waals surface area contributed by atoms with Crippen LogP contribution in [0.15, 0.2) is 72.8 Å². The number of nitrogens with zero attached hydrogens (tertiary/aromatic N) is 3. The molecule has 5 aromatic rings. The number of aromatic nitrogens is 3. The third-order valence-electron chi connectivity index (χ3n) is 5.22. The van der Waals surface area contributed by atoms with Gasteiger partial charge in [0.2, 0.25) is 0 Å². The number of amides is 1. The van der Waals surface area contributed by atoms with E-state index >= 15 is 0 Å². The van der Waals surface area contributed by atoms with Gasteiger partial charge in [0, 0.05) is 11.1 Å². The molecule has 5 rings (SSSR count). The van der Waals surface area contributed by atoms with Gasteiger partial charge in [-0.2, -0.15) is 0 Å². The van der Waals surface area contributed by atoms with Crippen molar-refractivity contribution in [3.63, 3.8) is 0 Å². The van der Waals surface area contributed by atoms with Gasteiger partial charge in [-0.25, -0.2) is 9.97 Å². The molecule has 33 heavy (non-hydrogen) atoms. The Kier molecular flexibility index (Phi) is 5.45. The molecule has 164 valence electrons. The van der Waals surface area contributed by atoms with Crippen molar-refractivity contribution in [1.29, 1.82) is 0 Å². The SMILES string of the molecule is COc1ccc(NC(=S)NNC(=O)Cn2c3ccccc3c3nc4ccccc4nc32)cc1. The number of rotatable bonds is 4. The van der Waals surface area contributed by atoms with Gasteiger partial charge in [-0.05, 0) is 54.7 Å². The zero-order chi connectivity index (χ0) is 22.8. The summed E-state index contributed by atoms with van der Waals surface area (Å²) in [6.45, 7) is 0.0508. The number of thiocarbonyl (C=S) groups is 1. The normalized spacial score (nSPS) is 10.9. The van der Waals surface area contributed by atoms with Crippen molar-refractivity contribution in [2.75, 3.05) is 12.4 Å². The number of hydrazine groups is 1. The van der Waals surface area contributed by atoms with E-state index in [4.69, 9.17) is 26.9 Å². The molecule has 0 atom stereocenters. The van der Waals surface area contributed by atoms with Crippen LogP contribution in [0.4, 0.5) is 5.69 Å². The molecule has 0 saturated carbocycles. The molecule has 3 N–H and O–H groups in total. The Morgan fingerprint density at radius 3 is 2.39 bits per heavy atom. The molecule has 8 nitrogen and oxygen atoms in total. The molecule has 0 spiro atoms. The molecule has 0 radical (unpaired) electrons. The monoisotopic (exact) mass is 456 g/mol. The number of fused-ring (bicyclic) bond motifs is 4. The largest absolute Gasteiger partial charge is 0.497 e. The van der Waals surface area contributed by atoms with Crippen LogP contribution in [-0.4, -0.2) is 32.7 Å². The fourth-order valence-corrected chi connectivity index (χ4v) is 3.86. The van der Waals surface area contributed by atoms with Crippen molar-refractivity contribution >= 4 is 62.0 Å². The lowest BCUT2D eigenvalue weighted by atomic mass is 10.2. The van der Waals surface area contributed by atoms with Crippen molar-refractivity contribution in [3.05, 3.63) is 72.8 Å². The summed E-state index contributed by atoms with van der Waals surface area (Å²) < 4.78 is 7.00. The molecular weight excluding hydrogens is 436 g/mol. The highest BCUT2D eigenvalue weighted by Gasteiger charge is 2.16. The molecule has 2 heterocycles. The lowest BCUT2D eigenvalue weighted by Crippen LogP contribution is -2.45.